The number of rotatable bonds is 4. The Kier molecular flexibility index (Phi) is 4.25. The number of ether oxygens (including phenoxy) is 1. The topological polar surface area (TPSA) is 35.0 Å². The Morgan fingerprint density at radius 1 is 1.00 bits per heavy atom. The summed E-state index contributed by atoms with van der Waals surface area (Å²) in [5.74, 6) is 0.617. The molecule has 0 atom stereocenters. The normalized spacial score (nSPS) is 11.2. The summed E-state index contributed by atoms with van der Waals surface area (Å²) in [5.41, 5.74) is 1.99. The lowest BCUT2D eigenvalue weighted by Crippen LogP contribution is -1.86. The maximum absolute atomic E-state index is 5.06. The van der Waals surface area contributed by atoms with Crippen LogP contribution in [0.15, 0.2) is 54.9 Å². The number of nitrogens with zero attached hydrogens (tertiary/aromatic N) is 2. The van der Waals surface area contributed by atoms with Gasteiger partial charge in [0.15, 0.2) is 0 Å². The van der Waals surface area contributed by atoms with E-state index in [0.717, 1.165) is 11.3 Å². The number of hydrogen-bond donors (Lipinski definition) is 0. The lowest BCUT2D eigenvalue weighted by Gasteiger charge is -1.97. The Morgan fingerprint density at radius 3 is 2.67 bits per heavy atom. The molecule has 0 fully saturated rings. The molecule has 3 nitrogen and oxygen atoms in total. The largest absolute Gasteiger partial charge is 0.481 e. The number of aromatic nitrogens is 2. The van der Waals surface area contributed by atoms with Gasteiger partial charge in [0.25, 0.3) is 0 Å². The highest BCUT2D eigenvalue weighted by atomic mass is 16.5. The summed E-state index contributed by atoms with van der Waals surface area (Å²) in [6.07, 6.45) is 11.4. The van der Waals surface area contributed by atoms with Gasteiger partial charge >= 0.3 is 0 Å². The standard InChI is InChI=1S/C15H14N2O/c1-18-15-12-13(9-11-17-15)6-2-3-7-14-8-4-5-10-16-14/h2-12H,1H3. The van der Waals surface area contributed by atoms with Gasteiger partial charge in [-0.3, -0.25) is 4.98 Å². The molecule has 0 aromatic carbocycles. The molecule has 0 saturated carbocycles. The van der Waals surface area contributed by atoms with Gasteiger partial charge in [-0.15, -0.1) is 0 Å². The van der Waals surface area contributed by atoms with Crippen LogP contribution in [0.5, 0.6) is 5.88 Å². The van der Waals surface area contributed by atoms with Gasteiger partial charge in [0.2, 0.25) is 5.88 Å². The molecule has 90 valence electrons. The number of allylic oxidation sites excluding steroid dienone is 2. The summed E-state index contributed by atoms with van der Waals surface area (Å²) in [5, 5.41) is 0. The average molecular weight is 238 g/mol. The minimum atomic E-state index is 0.617. The SMILES string of the molecule is COc1cc(C=CC=Cc2ccccn2)ccn1. The van der Waals surface area contributed by atoms with Crippen molar-refractivity contribution in [3.8, 4) is 5.88 Å². The van der Waals surface area contributed by atoms with Crippen molar-refractivity contribution in [1.29, 1.82) is 0 Å². The quantitative estimate of drug-likeness (QED) is 0.767. The Morgan fingerprint density at radius 2 is 1.89 bits per heavy atom. The molecule has 2 heterocycles. The van der Waals surface area contributed by atoms with E-state index in [4.69, 9.17) is 4.74 Å². The Hall–Kier alpha value is -2.42. The zero-order chi connectivity index (χ0) is 12.6. The van der Waals surface area contributed by atoms with Crippen molar-refractivity contribution in [2.45, 2.75) is 0 Å². The van der Waals surface area contributed by atoms with Crippen molar-refractivity contribution in [3.63, 3.8) is 0 Å². The summed E-state index contributed by atoms with van der Waals surface area (Å²) in [6.45, 7) is 0. The highest BCUT2D eigenvalue weighted by molar-refractivity contribution is 5.55. The molecule has 0 aliphatic heterocycles. The third kappa shape index (κ3) is 3.56. The van der Waals surface area contributed by atoms with Crippen molar-refractivity contribution in [1.82, 2.24) is 9.97 Å². The number of methoxy groups -OCH3 is 1. The molecule has 18 heavy (non-hydrogen) atoms. The van der Waals surface area contributed by atoms with Crippen LogP contribution in [-0.2, 0) is 0 Å². The van der Waals surface area contributed by atoms with Crippen LogP contribution >= 0.6 is 0 Å². The van der Waals surface area contributed by atoms with Gasteiger partial charge in [0, 0.05) is 18.5 Å². The van der Waals surface area contributed by atoms with E-state index >= 15 is 0 Å². The predicted octanol–water partition coefficient (Wildman–Crippen LogP) is 3.21. The zero-order valence-electron chi connectivity index (χ0n) is 10.2. The molecule has 0 amide bonds. The van der Waals surface area contributed by atoms with Crippen molar-refractivity contribution >= 4 is 12.2 Å². The van der Waals surface area contributed by atoms with Crippen LogP contribution in [0.1, 0.15) is 11.3 Å². The van der Waals surface area contributed by atoms with Gasteiger partial charge in [0.1, 0.15) is 0 Å². The van der Waals surface area contributed by atoms with E-state index in [9.17, 15) is 0 Å². The van der Waals surface area contributed by atoms with Crippen LogP contribution in [0.4, 0.5) is 0 Å². The molecule has 0 unspecified atom stereocenters. The first kappa shape index (κ1) is 12.0. The van der Waals surface area contributed by atoms with Gasteiger partial charge in [-0.2, -0.15) is 0 Å². The molecule has 2 aromatic rings. The molecule has 2 rings (SSSR count). The minimum absolute atomic E-state index is 0.617. The molecule has 0 spiro atoms. The maximum atomic E-state index is 5.06. The summed E-state index contributed by atoms with van der Waals surface area (Å²) in [4.78, 5) is 8.25. The minimum Gasteiger partial charge on any atom is -0.481 e. The van der Waals surface area contributed by atoms with E-state index in [2.05, 4.69) is 9.97 Å². The molecular formula is C15H14N2O. The van der Waals surface area contributed by atoms with Crippen LogP contribution < -0.4 is 4.74 Å². The van der Waals surface area contributed by atoms with Crippen molar-refractivity contribution in [2.24, 2.45) is 0 Å². The molecule has 0 radical (unpaired) electrons. The van der Waals surface area contributed by atoms with Crippen molar-refractivity contribution in [2.75, 3.05) is 7.11 Å². The zero-order valence-corrected chi connectivity index (χ0v) is 10.2. The molecule has 0 bridgehead atoms. The third-order valence-electron chi connectivity index (χ3n) is 2.32. The van der Waals surface area contributed by atoms with E-state index in [1.807, 2.05) is 54.6 Å². The van der Waals surface area contributed by atoms with Gasteiger partial charge in [-0.05, 0) is 29.8 Å². The Balaban J connectivity index is 2.01. The maximum Gasteiger partial charge on any atom is 0.213 e. The van der Waals surface area contributed by atoms with Gasteiger partial charge in [-0.25, -0.2) is 4.98 Å². The van der Waals surface area contributed by atoms with E-state index in [0.29, 0.717) is 5.88 Å². The van der Waals surface area contributed by atoms with Gasteiger partial charge in [-0.1, -0.05) is 24.3 Å². The number of pyridine rings is 2. The van der Waals surface area contributed by atoms with E-state index < -0.39 is 0 Å². The number of hydrogen-bond acceptors (Lipinski definition) is 3. The Bertz CT molecular complexity index is 547. The van der Waals surface area contributed by atoms with Crippen LogP contribution in [-0.4, -0.2) is 17.1 Å². The van der Waals surface area contributed by atoms with Crippen molar-refractivity contribution in [3.05, 3.63) is 66.1 Å². The van der Waals surface area contributed by atoms with Crippen LogP contribution in [0.2, 0.25) is 0 Å². The van der Waals surface area contributed by atoms with E-state index in [1.54, 1.807) is 19.5 Å². The summed E-state index contributed by atoms with van der Waals surface area (Å²) in [7, 11) is 1.61. The molecule has 3 heteroatoms. The van der Waals surface area contributed by atoms with E-state index in [1.165, 1.54) is 0 Å². The molecule has 0 saturated heterocycles. The average Bonchev–Trinajstić information content (AvgIpc) is 2.45. The second kappa shape index (κ2) is 6.35. The predicted molar refractivity (Wildman–Crippen MR) is 73.1 cm³/mol. The summed E-state index contributed by atoms with van der Waals surface area (Å²) < 4.78 is 5.06. The monoisotopic (exact) mass is 238 g/mol. The molecule has 2 aromatic heterocycles. The fraction of sp³-hybridized carbons (Fsp3) is 0.0667. The Labute approximate surface area is 106 Å². The fourth-order valence-electron chi connectivity index (χ4n) is 1.44. The second-order valence-electron chi connectivity index (χ2n) is 3.60. The van der Waals surface area contributed by atoms with Crippen LogP contribution in [0.25, 0.3) is 12.2 Å². The highest BCUT2D eigenvalue weighted by Crippen LogP contribution is 2.10. The first-order valence-electron chi connectivity index (χ1n) is 5.64. The lowest BCUT2D eigenvalue weighted by molar-refractivity contribution is 0.398. The molecule has 0 aliphatic rings. The molecule has 0 aliphatic carbocycles. The van der Waals surface area contributed by atoms with Gasteiger partial charge < -0.3 is 4.74 Å². The highest BCUT2D eigenvalue weighted by Gasteiger charge is 1.91. The lowest BCUT2D eigenvalue weighted by atomic mass is 10.2. The first-order valence-corrected chi connectivity index (χ1v) is 5.64. The summed E-state index contributed by atoms with van der Waals surface area (Å²) >= 11 is 0. The molecule has 0 N–H and O–H groups in total. The van der Waals surface area contributed by atoms with E-state index in [-0.39, 0.29) is 0 Å². The fourth-order valence-corrected chi connectivity index (χ4v) is 1.44. The second-order valence-corrected chi connectivity index (χ2v) is 3.60. The van der Waals surface area contributed by atoms with Crippen molar-refractivity contribution < 1.29 is 4.74 Å². The molecular weight excluding hydrogens is 224 g/mol. The van der Waals surface area contributed by atoms with Crippen LogP contribution in [0.3, 0.4) is 0 Å². The van der Waals surface area contributed by atoms with Gasteiger partial charge in [0.05, 0.1) is 12.8 Å². The third-order valence-corrected chi connectivity index (χ3v) is 2.32. The first-order chi connectivity index (χ1) is 8.88. The van der Waals surface area contributed by atoms with Crippen LogP contribution in [0, 0.1) is 0 Å². The smallest absolute Gasteiger partial charge is 0.213 e. The summed E-state index contributed by atoms with van der Waals surface area (Å²) in [6, 6.07) is 9.62.